The Bertz CT molecular complexity index is 999. The average Bonchev–Trinajstić information content (AvgIpc) is 2.69. The van der Waals surface area contributed by atoms with Crippen LogP contribution >= 0.6 is 11.8 Å². The molecule has 1 amide bonds. The third-order valence-corrected chi connectivity index (χ3v) is 4.81. The number of nitrogens with zero attached hydrogens (tertiary/aromatic N) is 1. The predicted molar refractivity (Wildman–Crippen MR) is 107 cm³/mol. The van der Waals surface area contributed by atoms with Crippen molar-refractivity contribution >= 4 is 34.7 Å². The van der Waals surface area contributed by atoms with Crippen molar-refractivity contribution in [2.75, 3.05) is 17.2 Å². The predicted octanol–water partition coefficient (Wildman–Crippen LogP) is 4.94. The van der Waals surface area contributed by atoms with Crippen LogP contribution in [0.4, 0.5) is 21.5 Å². The van der Waals surface area contributed by atoms with E-state index in [0.717, 1.165) is 21.9 Å². The zero-order valence-corrected chi connectivity index (χ0v) is 15.4. The highest BCUT2D eigenvalue weighted by Crippen LogP contribution is 2.33. The lowest BCUT2D eigenvalue weighted by Gasteiger charge is -2.12. The smallest absolute Gasteiger partial charge is 0.306 e. The first kappa shape index (κ1) is 19.4. The lowest BCUT2D eigenvalue weighted by atomic mass is 10.2. The van der Waals surface area contributed by atoms with Gasteiger partial charge in [-0.3, -0.25) is 14.9 Å². The van der Waals surface area contributed by atoms with E-state index in [0.29, 0.717) is 5.69 Å². The largest absolute Gasteiger partial charge is 0.376 e. The molecule has 2 N–H and O–H groups in total. The maximum absolute atomic E-state index is 13.4. The van der Waals surface area contributed by atoms with Gasteiger partial charge in [0.25, 0.3) is 0 Å². The Balaban J connectivity index is 1.64. The van der Waals surface area contributed by atoms with Gasteiger partial charge in [-0.15, -0.1) is 0 Å². The van der Waals surface area contributed by atoms with E-state index in [1.54, 1.807) is 6.07 Å². The molecular formula is C20H16FN3O3S. The molecule has 3 aromatic carbocycles. The van der Waals surface area contributed by atoms with Crippen LogP contribution in [0.2, 0.25) is 0 Å². The number of carbonyl (C=O) groups excluding carboxylic acids is 1. The first-order valence-electron chi connectivity index (χ1n) is 8.32. The van der Waals surface area contributed by atoms with Gasteiger partial charge in [0, 0.05) is 21.5 Å². The minimum Gasteiger partial charge on any atom is -0.376 e. The fourth-order valence-electron chi connectivity index (χ4n) is 2.41. The highest BCUT2D eigenvalue weighted by atomic mass is 32.2. The van der Waals surface area contributed by atoms with Crippen molar-refractivity contribution in [3.8, 4) is 0 Å². The second-order valence-corrected chi connectivity index (χ2v) is 6.85. The average molecular weight is 397 g/mol. The number of benzene rings is 3. The Morgan fingerprint density at radius 3 is 2.50 bits per heavy atom. The summed E-state index contributed by atoms with van der Waals surface area (Å²) < 4.78 is 13.4. The SMILES string of the molecule is O=C(CNc1ccc(F)c([N+](=O)[O-])c1)Nc1ccccc1Sc1ccccc1. The third kappa shape index (κ3) is 5.08. The minimum absolute atomic E-state index is 0.118. The zero-order chi connectivity index (χ0) is 19.9. The van der Waals surface area contributed by atoms with Gasteiger partial charge in [-0.1, -0.05) is 42.1 Å². The van der Waals surface area contributed by atoms with Gasteiger partial charge < -0.3 is 10.6 Å². The van der Waals surface area contributed by atoms with Crippen molar-refractivity contribution in [1.82, 2.24) is 0 Å². The van der Waals surface area contributed by atoms with E-state index in [2.05, 4.69) is 10.6 Å². The molecule has 0 aliphatic heterocycles. The van der Waals surface area contributed by atoms with Gasteiger partial charge in [0.05, 0.1) is 17.2 Å². The molecule has 0 unspecified atom stereocenters. The van der Waals surface area contributed by atoms with E-state index < -0.39 is 16.4 Å². The molecule has 142 valence electrons. The molecule has 0 aliphatic carbocycles. The molecule has 0 bridgehead atoms. The number of nitro benzene ring substituents is 1. The highest BCUT2D eigenvalue weighted by molar-refractivity contribution is 7.99. The van der Waals surface area contributed by atoms with Crippen molar-refractivity contribution in [1.29, 1.82) is 0 Å². The van der Waals surface area contributed by atoms with Crippen molar-refractivity contribution in [2.45, 2.75) is 9.79 Å². The van der Waals surface area contributed by atoms with Crippen molar-refractivity contribution in [3.05, 3.63) is 88.7 Å². The van der Waals surface area contributed by atoms with Crippen LogP contribution in [0.15, 0.2) is 82.6 Å². The molecule has 6 nitrogen and oxygen atoms in total. The fraction of sp³-hybridized carbons (Fsp3) is 0.0500. The van der Waals surface area contributed by atoms with Crippen LogP contribution in [0.5, 0.6) is 0 Å². The topological polar surface area (TPSA) is 84.3 Å². The van der Waals surface area contributed by atoms with Crippen LogP contribution in [0.1, 0.15) is 0 Å². The molecule has 8 heteroatoms. The van der Waals surface area contributed by atoms with E-state index in [1.165, 1.54) is 17.8 Å². The Hall–Kier alpha value is -3.39. The van der Waals surface area contributed by atoms with Gasteiger partial charge in [-0.2, -0.15) is 4.39 Å². The highest BCUT2D eigenvalue weighted by Gasteiger charge is 2.15. The maximum atomic E-state index is 13.4. The summed E-state index contributed by atoms with van der Waals surface area (Å²) in [4.78, 5) is 24.2. The van der Waals surface area contributed by atoms with Gasteiger partial charge in [0.2, 0.25) is 11.7 Å². The molecule has 0 saturated carbocycles. The number of halogens is 1. The van der Waals surface area contributed by atoms with Crippen molar-refractivity contribution in [3.63, 3.8) is 0 Å². The third-order valence-electron chi connectivity index (χ3n) is 3.73. The summed E-state index contributed by atoms with van der Waals surface area (Å²) >= 11 is 1.53. The summed E-state index contributed by atoms with van der Waals surface area (Å²) in [5, 5.41) is 16.4. The number of nitrogens with one attached hydrogen (secondary N) is 2. The lowest BCUT2D eigenvalue weighted by molar-refractivity contribution is -0.387. The summed E-state index contributed by atoms with van der Waals surface area (Å²) in [6, 6.07) is 20.6. The number of carbonyl (C=O) groups is 1. The van der Waals surface area contributed by atoms with Crippen molar-refractivity contribution < 1.29 is 14.1 Å². The van der Waals surface area contributed by atoms with Crippen molar-refractivity contribution in [2.24, 2.45) is 0 Å². The summed E-state index contributed by atoms with van der Waals surface area (Å²) in [6.07, 6.45) is 0. The molecule has 0 radical (unpaired) electrons. The molecule has 0 aliphatic rings. The number of hydrogen-bond acceptors (Lipinski definition) is 5. The molecule has 0 atom stereocenters. The second-order valence-electron chi connectivity index (χ2n) is 5.74. The monoisotopic (exact) mass is 397 g/mol. The van der Waals surface area contributed by atoms with E-state index >= 15 is 0 Å². The van der Waals surface area contributed by atoms with Crippen LogP contribution < -0.4 is 10.6 Å². The lowest BCUT2D eigenvalue weighted by Crippen LogP contribution is -2.22. The molecule has 0 aromatic heterocycles. The minimum atomic E-state index is -0.924. The number of hydrogen-bond donors (Lipinski definition) is 2. The van der Waals surface area contributed by atoms with Crippen LogP contribution in [0, 0.1) is 15.9 Å². The van der Waals surface area contributed by atoms with Gasteiger partial charge in [-0.25, -0.2) is 0 Å². The molecule has 0 heterocycles. The molecule has 0 spiro atoms. The fourth-order valence-corrected chi connectivity index (χ4v) is 3.34. The Morgan fingerprint density at radius 2 is 1.75 bits per heavy atom. The normalized spacial score (nSPS) is 10.3. The standard InChI is InChI=1S/C20H16FN3O3S/c21-16-11-10-14(12-18(16)24(26)27)22-13-20(25)23-17-8-4-5-9-19(17)28-15-6-2-1-3-7-15/h1-12,22H,13H2,(H,23,25). The summed E-state index contributed by atoms with van der Waals surface area (Å²) in [5.74, 6) is -1.25. The van der Waals surface area contributed by atoms with Gasteiger partial charge >= 0.3 is 5.69 Å². The zero-order valence-electron chi connectivity index (χ0n) is 14.6. The number of amides is 1. The summed E-state index contributed by atoms with van der Waals surface area (Å²) in [5.41, 5.74) is 0.304. The first-order chi connectivity index (χ1) is 13.5. The summed E-state index contributed by atoms with van der Waals surface area (Å²) in [7, 11) is 0. The van der Waals surface area contributed by atoms with Gasteiger partial charge in [-0.05, 0) is 36.4 Å². The van der Waals surface area contributed by atoms with Crippen LogP contribution in [0.3, 0.4) is 0 Å². The Kier molecular flexibility index (Phi) is 6.23. The quantitative estimate of drug-likeness (QED) is 0.436. The van der Waals surface area contributed by atoms with E-state index in [9.17, 15) is 19.3 Å². The number of anilines is 2. The molecule has 3 aromatic rings. The summed E-state index contributed by atoms with van der Waals surface area (Å²) in [6.45, 7) is -0.118. The maximum Gasteiger partial charge on any atom is 0.306 e. The Morgan fingerprint density at radius 1 is 1.04 bits per heavy atom. The molecular weight excluding hydrogens is 381 g/mol. The van der Waals surface area contributed by atoms with Gasteiger partial charge in [0.15, 0.2) is 0 Å². The molecule has 3 rings (SSSR count). The number of nitro groups is 1. The van der Waals surface area contributed by atoms with E-state index in [1.807, 2.05) is 48.5 Å². The van der Waals surface area contributed by atoms with E-state index in [-0.39, 0.29) is 18.1 Å². The first-order valence-corrected chi connectivity index (χ1v) is 9.14. The molecule has 0 fully saturated rings. The second kappa shape index (κ2) is 9.01. The van der Waals surface area contributed by atoms with E-state index in [4.69, 9.17) is 0 Å². The number of rotatable bonds is 7. The molecule has 0 saturated heterocycles. The van der Waals surface area contributed by atoms with Gasteiger partial charge in [0.1, 0.15) is 0 Å². The van der Waals surface area contributed by atoms with Crippen LogP contribution in [-0.2, 0) is 4.79 Å². The number of para-hydroxylation sites is 1. The molecule has 28 heavy (non-hydrogen) atoms. The Labute approximate surface area is 164 Å². The van der Waals surface area contributed by atoms with Crippen LogP contribution in [0.25, 0.3) is 0 Å². The van der Waals surface area contributed by atoms with Crippen LogP contribution in [-0.4, -0.2) is 17.4 Å².